The molecule has 1 atom stereocenters. The standard InChI is InChI=1S/C16H16BrIO2/c1-3-20-15-7-4-10(2)8-13(15)16(19)12-9-11(17)5-6-14(12)18/h4-9,16,19H,3H2,1-2H3. The van der Waals surface area contributed by atoms with E-state index in [1.165, 1.54) is 0 Å². The minimum atomic E-state index is -0.694. The third-order valence-corrected chi connectivity index (χ3v) is 4.49. The second kappa shape index (κ2) is 6.91. The summed E-state index contributed by atoms with van der Waals surface area (Å²) in [6.07, 6.45) is -0.694. The molecular weight excluding hydrogens is 431 g/mol. The molecule has 0 saturated carbocycles. The number of aliphatic hydroxyl groups excluding tert-OH is 1. The molecule has 1 N–H and O–H groups in total. The molecular formula is C16H16BrIO2. The van der Waals surface area contributed by atoms with Crippen LogP contribution in [-0.4, -0.2) is 11.7 Å². The van der Waals surface area contributed by atoms with Gasteiger partial charge in [0.1, 0.15) is 11.9 Å². The summed E-state index contributed by atoms with van der Waals surface area (Å²) in [7, 11) is 0. The van der Waals surface area contributed by atoms with Crippen LogP contribution in [0, 0.1) is 10.5 Å². The number of rotatable bonds is 4. The number of ether oxygens (including phenoxy) is 1. The zero-order chi connectivity index (χ0) is 14.7. The van der Waals surface area contributed by atoms with Crippen molar-refractivity contribution in [3.05, 3.63) is 61.1 Å². The minimum Gasteiger partial charge on any atom is -0.493 e. The maximum Gasteiger partial charge on any atom is 0.125 e. The van der Waals surface area contributed by atoms with Crippen molar-refractivity contribution in [3.8, 4) is 5.75 Å². The second-order valence-electron chi connectivity index (χ2n) is 4.54. The van der Waals surface area contributed by atoms with Gasteiger partial charge in [-0.2, -0.15) is 0 Å². The Hall–Kier alpha value is -0.590. The van der Waals surface area contributed by atoms with Crippen LogP contribution >= 0.6 is 38.5 Å². The number of benzene rings is 2. The highest BCUT2D eigenvalue weighted by Crippen LogP contribution is 2.34. The van der Waals surface area contributed by atoms with E-state index in [-0.39, 0.29) is 0 Å². The topological polar surface area (TPSA) is 29.5 Å². The Morgan fingerprint density at radius 1 is 1.20 bits per heavy atom. The fourth-order valence-electron chi connectivity index (χ4n) is 2.06. The van der Waals surface area contributed by atoms with Gasteiger partial charge in [0.2, 0.25) is 0 Å². The molecule has 0 aromatic heterocycles. The van der Waals surface area contributed by atoms with Crippen LogP contribution in [0.4, 0.5) is 0 Å². The van der Waals surface area contributed by atoms with Gasteiger partial charge in [-0.1, -0.05) is 27.6 Å². The van der Waals surface area contributed by atoms with E-state index in [1.54, 1.807) is 0 Å². The van der Waals surface area contributed by atoms with Crippen LogP contribution in [0.3, 0.4) is 0 Å². The summed E-state index contributed by atoms with van der Waals surface area (Å²) < 4.78 is 7.62. The first-order valence-electron chi connectivity index (χ1n) is 6.39. The third-order valence-electron chi connectivity index (χ3n) is 3.01. The molecule has 0 radical (unpaired) electrons. The summed E-state index contributed by atoms with van der Waals surface area (Å²) in [5.74, 6) is 0.737. The zero-order valence-corrected chi connectivity index (χ0v) is 15.1. The maximum absolute atomic E-state index is 10.7. The molecule has 1 unspecified atom stereocenters. The molecule has 0 saturated heterocycles. The van der Waals surface area contributed by atoms with Gasteiger partial charge in [0.15, 0.2) is 0 Å². The molecule has 20 heavy (non-hydrogen) atoms. The van der Waals surface area contributed by atoms with Crippen LogP contribution < -0.4 is 4.74 Å². The van der Waals surface area contributed by atoms with Crippen LogP contribution in [0.15, 0.2) is 40.9 Å². The first-order valence-corrected chi connectivity index (χ1v) is 8.26. The first kappa shape index (κ1) is 15.8. The summed E-state index contributed by atoms with van der Waals surface area (Å²) >= 11 is 5.69. The Balaban J connectivity index is 2.49. The van der Waals surface area contributed by atoms with Crippen molar-refractivity contribution in [1.29, 1.82) is 0 Å². The summed E-state index contributed by atoms with van der Waals surface area (Å²) in [5.41, 5.74) is 2.79. The van der Waals surface area contributed by atoms with Crippen molar-refractivity contribution in [3.63, 3.8) is 0 Å². The lowest BCUT2D eigenvalue weighted by Crippen LogP contribution is -2.06. The highest BCUT2D eigenvalue weighted by atomic mass is 127. The lowest BCUT2D eigenvalue weighted by Gasteiger charge is -2.18. The van der Waals surface area contributed by atoms with Crippen molar-refractivity contribution in [1.82, 2.24) is 0 Å². The molecule has 0 heterocycles. The maximum atomic E-state index is 10.7. The fourth-order valence-corrected chi connectivity index (χ4v) is 3.07. The average molecular weight is 447 g/mol. The largest absolute Gasteiger partial charge is 0.493 e. The Morgan fingerprint density at radius 2 is 1.95 bits per heavy atom. The Kier molecular flexibility index (Phi) is 5.46. The molecule has 2 nitrogen and oxygen atoms in total. The molecule has 2 aromatic rings. The van der Waals surface area contributed by atoms with Crippen LogP contribution in [0.5, 0.6) is 5.75 Å². The van der Waals surface area contributed by atoms with Gasteiger partial charge in [-0.25, -0.2) is 0 Å². The first-order chi connectivity index (χ1) is 9.52. The molecule has 2 rings (SSSR count). The molecule has 0 spiro atoms. The van der Waals surface area contributed by atoms with E-state index in [4.69, 9.17) is 4.74 Å². The predicted octanol–water partition coefficient (Wildman–Crippen LogP) is 4.84. The van der Waals surface area contributed by atoms with E-state index in [9.17, 15) is 5.11 Å². The van der Waals surface area contributed by atoms with E-state index in [0.29, 0.717) is 6.61 Å². The molecule has 0 aliphatic carbocycles. The normalized spacial score (nSPS) is 12.2. The summed E-state index contributed by atoms with van der Waals surface area (Å²) in [4.78, 5) is 0. The summed E-state index contributed by atoms with van der Waals surface area (Å²) in [6, 6.07) is 11.8. The predicted molar refractivity (Wildman–Crippen MR) is 93.3 cm³/mol. The second-order valence-corrected chi connectivity index (χ2v) is 6.62. The molecule has 0 fully saturated rings. The van der Waals surface area contributed by atoms with Gasteiger partial charge in [0, 0.05) is 13.6 Å². The number of hydrogen-bond acceptors (Lipinski definition) is 2. The quantitative estimate of drug-likeness (QED) is 0.680. The third kappa shape index (κ3) is 3.54. The van der Waals surface area contributed by atoms with E-state index >= 15 is 0 Å². The van der Waals surface area contributed by atoms with Gasteiger partial charge >= 0.3 is 0 Å². The molecule has 106 valence electrons. The van der Waals surface area contributed by atoms with Gasteiger partial charge in [0.25, 0.3) is 0 Å². The molecule has 4 heteroatoms. The SMILES string of the molecule is CCOc1ccc(C)cc1C(O)c1cc(Br)ccc1I. The highest BCUT2D eigenvalue weighted by Gasteiger charge is 2.18. The van der Waals surface area contributed by atoms with Gasteiger partial charge in [-0.15, -0.1) is 0 Å². The summed E-state index contributed by atoms with van der Waals surface area (Å²) in [5, 5.41) is 10.7. The van der Waals surface area contributed by atoms with Crippen molar-refractivity contribution < 1.29 is 9.84 Å². The number of aliphatic hydroxyl groups is 1. The van der Waals surface area contributed by atoms with Crippen LogP contribution in [-0.2, 0) is 0 Å². The summed E-state index contributed by atoms with van der Waals surface area (Å²) in [6.45, 7) is 4.54. The van der Waals surface area contributed by atoms with Crippen molar-refractivity contribution in [2.45, 2.75) is 20.0 Å². The van der Waals surface area contributed by atoms with Crippen LogP contribution in [0.2, 0.25) is 0 Å². The number of halogens is 2. The minimum absolute atomic E-state index is 0.582. The van der Waals surface area contributed by atoms with Crippen molar-refractivity contribution in [2.24, 2.45) is 0 Å². The smallest absolute Gasteiger partial charge is 0.125 e. The van der Waals surface area contributed by atoms with E-state index in [2.05, 4.69) is 38.5 Å². The monoisotopic (exact) mass is 446 g/mol. The van der Waals surface area contributed by atoms with E-state index < -0.39 is 6.10 Å². The number of hydrogen-bond donors (Lipinski definition) is 1. The van der Waals surface area contributed by atoms with Gasteiger partial charge in [-0.3, -0.25) is 0 Å². The Bertz CT molecular complexity index is 613. The Labute approximate surface area is 141 Å². The van der Waals surface area contributed by atoms with Crippen molar-refractivity contribution in [2.75, 3.05) is 6.61 Å². The van der Waals surface area contributed by atoms with E-state index in [0.717, 1.165) is 30.5 Å². The molecule has 0 bridgehead atoms. The van der Waals surface area contributed by atoms with E-state index in [1.807, 2.05) is 50.2 Å². The fraction of sp³-hybridized carbons (Fsp3) is 0.250. The average Bonchev–Trinajstić information content (AvgIpc) is 2.43. The Morgan fingerprint density at radius 3 is 2.65 bits per heavy atom. The molecule has 0 aliphatic heterocycles. The van der Waals surface area contributed by atoms with Crippen molar-refractivity contribution >= 4 is 38.5 Å². The lowest BCUT2D eigenvalue weighted by atomic mass is 9.99. The molecule has 0 aliphatic rings. The number of aryl methyl sites for hydroxylation is 1. The molecule has 2 aromatic carbocycles. The highest BCUT2D eigenvalue weighted by molar-refractivity contribution is 14.1. The lowest BCUT2D eigenvalue weighted by molar-refractivity contribution is 0.211. The van der Waals surface area contributed by atoms with Crippen LogP contribution in [0.1, 0.15) is 29.7 Å². The van der Waals surface area contributed by atoms with Gasteiger partial charge in [-0.05, 0) is 72.3 Å². The van der Waals surface area contributed by atoms with Gasteiger partial charge < -0.3 is 9.84 Å². The van der Waals surface area contributed by atoms with Crippen LogP contribution in [0.25, 0.3) is 0 Å². The van der Waals surface area contributed by atoms with Gasteiger partial charge in [0.05, 0.1) is 6.61 Å². The molecule has 0 amide bonds. The zero-order valence-electron chi connectivity index (χ0n) is 11.4.